The molecule has 20 heavy (non-hydrogen) atoms. The van der Waals surface area contributed by atoms with Gasteiger partial charge >= 0.3 is 12.0 Å². The molecule has 0 aromatic carbocycles. The summed E-state index contributed by atoms with van der Waals surface area (Å²) in [5.74, 6) is -1.10. The molecular weight excluding hydrogens is 264 g/mol. The molecule has 0 aliphatic carbocycles. The van der Waals surface area contributed by atoms with Gasteiger partial charge in [-0.3, -0.25) is 4.68 Å². The summed E-state index contributed by atoms with van der Waals surface area (Å²) in [6.45, 7) is 2.82. The molecular formula is C12H18N4O4. The molecule has 0 spiro atoms. The molecule has 0 unspecified atom stereocenters. The number of β-amino-alcohol motifs (C(OH)–C–C–N with tert-alkyl or cyclic N) is 1. The van der Waals surface area contributed by atoms with Gasteiger partial charge in [0.05, 0.1) is 18.8 Å². The molecule has 1 aliphatic heterocycles. The number of rotatable bonds is 4. The second-order valence-corrected chi connectivity index (χ2v) is 4.91. The van der Waals surface area contributed by atoms with Crippen LogP contribution in [0.5, 0.6) is 0 Å². The number of nitrogens with one attached hydrogen (secondary N) is 1. The first kappa shape index (κ1) is 14.3. The molecule has 2 rings (SSSR count). The van der Waals surface area contributed by atoms with Gasteiger partial charge < -0.3 is 20.4 Å². The van der Waals surface area contributed by atoms with E-state index in [1.807, 2.05) is 13.1 Å². The van der Waals surface area contributed by atoms with Crippen molar-refractivity contribution < 1.29 is 19.8 Å². The van der Waals surface area contributed by atoms with Crippen molar-refractivity contribution in [2.24, 2.45) is 0 Å². The van der Waals surface area contributed by atoms with Gasteiger partial charge in [-0.2, -0.15) is 5.10 Å². The lowest BCUT2D eigenvalue weighted by Gasteiger charge is -2.21. The summed E-state index contributed by atoms with van der Waals surface area (Å²) in [5.41, 5.74) is 1.03. The maximum Gasteiger partial charge on any atom is 0.326 e. The van der Waals surface area contributed by atoms with Crippen molar-refractivity contribution in [3.05, 3.63) is 18.0 Å². The number of aliphatic carboxylic acids is 1. The number of hydrogen-bond acceptors (Lipinski definition) is 4. The average Bonchev–Trinajstić information content (AvgIpc) is 2.95. The van der Waals surface area contributed by atoms with Crippen LogP contribution < -0.4 is 5.32 Å². The van der Waals surface area contributed by atoms with Crippen molar-refractivity contribution in [2.45, 2.75) is 32.0 Å². The molecule has 8 heteroatoms. The van der Waals surface area contributed by atoms with Crippen LogP contribution in [0.4, 0.5) is 4.79 Å². The third-order valence-electron chi connectivity index (χ3n) is 3.20. The highest BCUT2D eigenvalue weighted by atomic mass is 16.4. The zero-order valence-corrected chi connectivity index (χ0v) is 11.2. The fraction of sp³-hybridized carbons (Fsp3) is 0.583. The smallest absolute Gasteiger partial charge is 0.326 e. The number of carboxylic acid groups (broad SMARTS) is 1. The summed E-state index contributed by atoms with van der Waals surface area (Å²) >= 11 is 0. The van der Waals surface area contributed by atoms with E-state index in [4.69, 9.17) is 5.11 Å². The van der Waals surface area contributed by atoms with Crippen LogP contribution in [-0.2, 0) is 11.3 Å². The van der Waals surface area contributed by atoms with Gasteiger partial charge in [0.1, 0.15) is 6.04 Å². The zero-order valence-electron chi connectivity index (χ0n) is 11.2. The molecule has 2 amide bonds. The van der Waals surface area contributed by atoms with Gasteiger partial charge in [-0.05, 0) is 12.5 Å². The standard InChI is InChI=1S/C12H18N4O4/c1-8-5-14-15(6-8)3-2-13-12(20)16-7-9(17)4-10(16)11(18)19/h5-6,9-10,17H,2-4,7H2,1H3,(H,13,20)(H,18,19)/t9-,10-/m0/s1. The summed E-state index contributed by atoms with van der Waals surface area (Å²) in [6.07, 6.45) is 2.86. The number of carboxylic acids is 1. The lowest BCUT2D eigenvalue weighted by molar-refractivity contribution is -0.141. The molecule has 1 aromatic rings. The molecule has 0 saturated carbocycles. The number of carbonyl (C=O) groups is 2. The highest BCUT2D eigenvalue weighted by Gasteiger charge is 2.38. The predicted molar refractivity (Wildman–Crippen MR) is 69.1 cm³/mol. The van der Waals surface area contributed by atoms with Gasteiger partial charge in [-0.15, -0.1) is 0 Å². The SMILES string of the molecule is Cc1cnn(CCNC(=O)N2C[C@@H](O)C[C@H]2C(=O)O)c1. The Labute approximate surface area is 116 Å². The van der Waals surface area contributed by atoms with Crippen LogP contribution in [0.1, 0.15) is 12.0 Å². The quantitative estimate of drug-likeness (QED) is 0.685. The van der Waals surface area contributed by atoms with E-state index in [-0.39, 0.29) is 13.0 Å². The minimum absolute atomic E-state index is 0.0453. The summed E-state index contributed by atoms with van der Waals surface area (Å²) < 4.78 is 1.70. The van der Waals surface area contributed by atoms with E-state index in [1.54, 1.807) is 10.9 Å². The van der Waals surface area contributed by atoms with Gasteiger partial charge in [0, 0.05) is 25.7 Å². The number of urea groups is 1. The Kier molecular flexibility index (Phi) is 4.23. The van der Waals surface area contributed by atoms with Crippen LogP contribution in [0, 0.1) is 6.92 Å². The second kappa shape index (κ2) is 5.91. The highest BCUT2D eigenvalue weighted by molar-refractivity contribution is 5.83. The molecule has 2 atom stereocenters. The van der Waals surface area contributed by atoms with E-state index in [0.717, 1.165) is 10.5 Å². The number of aryl methyl sites for hydroxylation is 1. The molecule has 2 heterocycles. The van der Waals surface area contributed by atoms with Crippen LogP contribution in [0.2, 0.25) is 0 Å². The number of aromatic nitrogens is 2. The summed E-state index contributed by atoms with van der Waals surface area (Å²) in [7, 11) is 0. The predicted octanol–water partition coefficient (Wildman–Crippen LogP) is -0.579. The normalized spacial score (nSPS) is 22.0. The Hall–Kier alpha value is -2.09. The lowest BCUT2D eigenvalue weighted by atomic mass is 10.2. The van der Waals surface area contributed by atoms with Crippen molar-refractivity contribution in [3.63, 3.8) is 0 Å². The van der Waals surface area contributed by atoms with Gasteiger partial charge in [-0.1, -0.05) is 0 Å². The number of carbonyl (C=O) groups excluding carboxylic acids is 1. The molecule has 0 radical (unpaired) electrons. The maximum absolute atomic E-state index is 11.9. The molecule has 1 fully saturated rings. The topological polar surface area (TPSA) is 108 Å². The molecule has 0 bridgehead atoms. The Morgan fingerprint density at radius 2 is 2.30 bits per heavy atom. The van der Waals surface area contributed by atoms with Gasteiger partial charge in [0.15, 0.2) is 0 Å². The van der Waals surface area contributed by atoms with E-state index < -0.39 is 24.1 Å². The van der Waals surface area contributed by atoms with Gasteiger partial charge in [0.2, 0.25) is 0 Å². The van der Waals surface area contributed by atoms with Crippen molar-refractivity contribution in [2.75, 3.05) is 13.1 Å². The lowest BCUT2D eigenvalue weighted by Crippen LogP contribution is -2.46. The second-order valence-electron chi connectivity index (χ2n) is 4.91. The van der Waals surface area contributed by atoms with Crippen molar-refractivity contribution in [1.29, 1.82) is 0 Å². The maximum atomic E-state index is 11.9. The zero-order chi connectivity index (χ0) is 14.7. The van der Waals surface area contributed by atoms with E-state index >= 15 is 0 Å². The Bertz CT molecular complexity index is 501. The number of nitrogens with zero attached hydrogens (tertiary/aromatic N) is 3. The molecule has 1 aromatic heterocycles. The van der Waals surface area contributed by atoms with Crippen LogP contribution >= 0.6 is 0 Å². The molecule has 1 aliphatic rings. The van der Waals surface area contributed by atoms with Gasteiger partial charge in [0.25, 0.3) is 0 Å². The Balaban J connectivity index is 1.83. The summed E-state index contributed by atoms with van der Waals surface area (Å²) in [6, 6.07) is -1.44. The fourth-order valence-electron chi connectivity index (χ4n) is 2.24. The van der Waals surface area contributed by atoms with Crippen molar-refractivity contribution >= 4 is 12.0 Å². The average molecular weight is 282 g/mol. The first-order chi connectivity index (χ1) is 9.47. The minimum Gasteiger partial charge on any atom is -0.480 e. The number of aliphatic hydroxyl groups excluding tert-OH is 1. The summed E-state index contributed by atoms with van der Waals surface area (Å²) in [5, 5.41) is 25.2. The molecule has 3 N–H and O–H groups in total. The molecule has 8 nitrogen and oxygen atoms in total. The summed E-state index contributed by atoms with van der Waals surface area (Å²) in [4.78, 5) is 24.1. The largest absolute Gasteiger partial charge is 0.480 e. The Morgan fingerprint density at radius 1 is 1.55 bits per heavy atom. The van der Waals surface area contributed by atoms with Crippen LogP contribution in [-0.4, -0.2) is 62.1 Å². The van der Waals surface area contributed by atoms with E-state index in [2.05, 4.69) is 10.4 Å². The van der Waals surface area contributed by atoms with Gasteiger partial charge in [-0.25, -0.2) is 9.59 Å². The third-order valence-corrected chi connectivity index (χ3v) is 3.20. The first-order valence-corrected chi connectivity index (χ1v) is 6.42. The van der Waals surface area contributed by atoms with Crippen LogP contribution in [0.25, 0.3) is 0 Å². The number of aliphatic hydroxyl groups is 1. The van der Waals surface area contributed by atoms with Crippen molar-refractivity contribution in [1.82, 2.24) is 20.0 Å². The van der Waals surface area contributed by atoms with Crippen LogP contribution in [0.15, 0.2) is 12.4 Å². The minimum atomic E-state index is -1.10. The van der Waals surface area contributed by atoms with Crippen molar-refractivity contribution in [3.8, 4) is 0 Å². The van der Waals surface area contributed by atoms with E-state index in [9.17, 15) is 14.7 Å². The molecule has 1 saturated heterocycles. The van der Waals surface area contributed by atoms with Crippen LogP contribution in [0.3, 0.4) is 0 Å². The first-order valence-electron chi connectivity index (χ1n) is 6.42. The number of likely N-dealkylation sites (tertiary alicyclic amines) is 1. The third kappa shape index (κ3) is 3.27. The monoisotopic (exact) mass is 282 g/mol. The molecule has 110 valence electrons. The Morgan fingerprint density at radius 3 is 2.90 bits per heavy atom. The highest BCUT2D eigenvalue weighted by Crippen LogP contribution is 2.17. The number of hydrogen-bond donors (Lipinski definition) is 3. The van der Waals surface area contributed by atoms with E-state index in [0.29, 0.717) is 13.1 Å². The fourth-order valence-corrected chi connectivity index (χ4v) is 2.24. The number of amides is 2. The van der Waals surface area contributed by atoms with E-state index in [1.165, 1.54) is 0 Å².